The fourth-order valence-corrected chi connectivity index (χ4v) is 3.03. The molecule has 0 saturated carbocycles. The Morgan fingerprint density at radius 3 is 2.73 bits per heavy atom. The minimum Gasteiger partial charge on any atom is -0.325 e. The normalized spacial score (nSPS) is 10.6. The molecule has 1 heterocycles. The molecule has 4 heteroatoms. The molecule has 0 saturated heterocycles. The highest BCUT2D eigenvalue weighted by Gasteiger charge is 2.10. The molecule has 0 spiro atoms. The topological polar surface area (TPSA) is 38.9 Å². The predicted octanol–water partition coefficient (Wildman–Crippen LogP) is 3.34. The van der Waals surface area contributed by atoms with Gasteiger partial charge in [-0.3, -0.25) is 0 Å². The molecule has 2 nitrogen and oxygen atoms in total. The van der Waals surface area contributed by atoms with Crippen molar-refractivity contribution in [2.45, 2.75) is 13.5 Å². The average molecular weight is 283 g/mol. The molecule has 0 atom stereocenters. The monoisotopic (exact) mass is 282 g/mol. The van der Waals surface area contributed by atoms with Crippen LogP contribution in [0.15, 0.2) is 28.7 Å². The van der Waals surface area contributed by atoms with E-state index in [4.69, 9.17) is 5.73 Å². The number of nitrogens with zero attached hydrogens (tertiary/aromatic N) is 1. The molecule has 0 unspecified atom stereocenters. The van der Waals surface area contributed by atoms with Gasteiger partial charge in [-0.05, 0) is 13.0 Å². The zero-order valence-corrected chi connectivity index (χ0v) is 10.7. The number of nitrogens with two attached hydrogens (primary N) is 1. The Hall–Kier alpha value is -0.710. The van der Waals surface area contributed by atoms with Gasteiger partial charge in [-0.2, -0.15) is 0 Å². The second kappa shape index (κ2) is 4.43. The van der Waals surface area contributed by atoms with Crippen molar-refractivity contribution < 1.29 is 0 Å². The molecule has 0 aliphatic carbocycles. The first-order chi connectivity index (χ1) is 7.22. The number of benzene rings is 1. The van der Waals surface area contributed by atoms with Gasteiger partial charge in [0.05, 0.1) is 10.6 Å². The third-order valence-electron chi connectivity index (χ3n) is 2.13. The Morgan fingerprint density at radius 1 is 1.40 bits per heavy atom. The molecular formula is C11H11BrN2S. The minimum absolute atomic E-state index is 0.510. The van der Waals surface area contributed by atoms with Crippen LogP contribution >= 0.6 is 27.3 Å². The molecule has 2 aromatic rings. The van der Waals surface area contributed by atoms with Crippen LogP contribution in [0.25, 0.3) is 10.4 Å². The van der Waals surface area contributed by atoms with E-state index >= 15 is 0 Å². The lowest BCUT2D eigenvalue weighted by Gasteiger charge is -2.01. The fraction of sp³-hybridized carbons (Fsp3) is 0.182. The summed E-state index contributed by atoms with van der Waals surface area (Å²) in [7, 11) is 0. The van der Waals surface area contributed by atoms with E-state index in [0.717, 1.165) is 15.2 Å². The number of rotatable bonds is 2. The van der Waals surface area contributed by atoms with Crippen LogP contribution in [0, 0.1) is 6.92 Å². The van der Waals surface area contributed by atoms with Crippen molar-refractivity contribution >= 4 is 27.3 Å². The van der Waals surface area contributed by atoms with Crippen LogP contribution < -0.4 is 5.73 Å². The molecule has 2 rings (SSSR count). The predicted molar refractivity (Wildman–Crippen MR) is 67.9 cm³/mol. The second-order valence-corrected chi connectivity index (χ2v) is 5.14. The number of aromatic nitrogens is 1. The van der Waals surface area contributed by atoms with Crippen LogP contribution in [0.4, 0.5) is 0 Å². The van der Waals surface area contributed by atoms with E-state index in [1.165, 1.54) is 10.4 Å². The molecule has 0 amide bonds. The van der Waals surface area contributed by atoms with Gasteiger partial charge < -0.3 is 5.73 Å². The highest BCUT2D eigenvalue weighted by molar-refractivity contribution is 9.10. The number of halogens is 1. The first-order valence-corrected chi connectivity index (χ1v) is 6.24. The van der Waals surface area contributed by atoms with Crippen molar-refractivity contribution in [3.05, 3.63) is 39.4 Å². The van der Waals surface area contributed by atoms with E-state index in [-0.39, 0.29) is 0 Å². The Kier molecular flexibility index (Phi) is 3.19. The van der Waals surface area contributed by atoms with Crippen molar-refractivity contribution in [2.75, 3.05) is 0 Å². The molecule has 0 aliphatic rings. The van der Waals surface area contributed by atoms with Gasteiger partial charge in [0.15, 0.2) is 0 Å². The lowest BCUT2D eigenvalue weighted by molar-refractivity contribution is 1.02. The van der Waals surface area contributed by atoms with E-state index in [2.05, 4.69) is 27.0 Å². The number of hydrogen-bond acceptors (Lipinski definition) is 3. The smallest absolute Gasteiger partial charge is 0.107 e. The Labute approximate surface area is 101 Å². The van der Waals surface area contributed by atoms with Gasteiger partial charge in [0.1, 0.15) is 5.01 Å². The highest BCUT2D eigenvalue weighted by atomic mass is 79.9. The van der Waals surface area contributed by atoms with E-state index < -0.39 is 0 Å². The molecule has 15 heavy (non-hydrogen) atoms. The summed E-state index contributed by atoms with van der Waals surface area (Å²) in [6.07, 6.45) is 0. The number of hydrogen-bond donors (Lipinski definition) is 1. The third kappa shape index (κ3) is 2.12. The zero-order valence-electron chi connectivity index (χ0n) is 8.33. The standard InChI is InChI=1S/C11H11BrN2S/c1-7-11(15-10(6-13)14-7)8-4-2-3-5-9(8)12/h2-5H,6,13H2,1H3. The summed E-state index contributed by atoms with van der Waals surface area (Å²) in [4.78, 5) is 5.62. The SMILES string of the molecule is Cc1nc(CN)sc1-c1ccccc1Br. The quantitative estimate of drug-likeness (QED) is 0.918. The first-order valence-electron chi connectivity index (χ1n) is 4.63. The van der Waals surface area contributed by atoms with E-state index in [9.17, 15) is 0 Å². The summed E-state index contributed by atoms with van der Waals surface area (Å²) < 4.78 is 1.10. The molecule has 1 aromatic carbocycles. The molecule has 0 aliphatic heterocycles. The molecule has 0 bridgehead atoms. The minimum atomic E-state index is 0.510. The second-order valence-electron chi connectivity index (χ2n) is 3.21. The molecule has 78 valence electrons. The lowest BCUT2D eigenvalue weighted by Crippen LogP contribution is -1.94. The lowest BCUT2D eigenvalue weighted by atomic mass is 10.2. The average Bonchev–Trinajstić information content (AvgIpc) is 2.60. The Bertz CT molecular complexity index is 479. The highest BCUT2D eigenvalue weighted by Crippen LogP contribution is 2.34. The third-order valence-corrected chi connectivity index (χ3v) is 4.04. The maximum absolute atomic E-state index is 5.58. The van der Waals surface area contributed by atoms with Crippen LogP contribution in [-0.2, 0) is 6.54 Å². The molecule has 2 N–H and O–H groups in total. The summed E-state index contributed by atoms with van der Waals surface area (Å²) in [6, 6.07) is 8.16. The maximum Gasteiger partial charge on any atom is 0.107 e. The summed E-state index contributed by atoms with van der Waals surface area (Å²) >= 11 is 5.21. The van der Waals surface area contributed by atoms with Gasteiger partial charge >= 0.3 is 0 Å². The van der Waals surface area contributed by atoms with Crippen LogP contribution in [0.5, 0.6) is 0 Å². The summed E-state index contributed by atoms with van der Waals surface area (Å²) in [5.74, 6) is 0. The summed E-state index contributed by atoms with van der Waals surface area (Å²) in [6.45, 7) is 2.53. The maximum atomic E-state index is 5.58. The van der Waals surface area contributed by atoms with Gasteiger partial charge in [0.25, 0.3) is 0 Å². The largest absolute Gasteiger partial charge is 0.325 e. The van der Waals surface area contributed by atoms with E-state index in [0.29, 0.717) is 6.54 Å². The van der Waals surface area contributed by atoms with E-state index in [1.807, 2.05) is 25.1 Å². The van der Waals surface area contributed by atoms with Crippen LogP contribution in [0.3, 0.4) is 0 Å². The number of thiazole rings is 1. The molecular weight excluding hydrogens is 272 g/mol. The van der Waals surface area contributed by atoms with Gasteiger partial charge in [-0.25, -0.2) is 4.98 Å². The Morgan fingerprint density at radius 2 is 2.13 bits per heavy atom. The van der Waals surface area contributed by atoms with Crippen molar-refractivity contribution in [3.8, 4) is 10.4 Å². The summed E-state index contributed by atoms with van der Waals surface area (Å²) in [5, 5.41) is 0.984. The van der Waals surface area contributed by atoms with Gasteiger partial charge in [0.2, 0.25) is 0 Å². The van der Waals surface area contributed by atoms with E-state index in [1.54, 1.807) is 11.3 Å². The Balaban J connectivity index is 2.54. The summed E-state index contributed by atoms with van der Waals surface area (Å²) in [5.41, 5.74) is 7.82. The van der Waals surface area contributed by atoms with Crippen LogP contribution in [-0.4, -0.2) is 4.98 Å². The fourth-order valence-electron chi connectivity index (χ4n) is 1.43. The van der Waals surface area contributed by atoms with Crippen LogP contribution in [0.1, 0.15) is 10.7 Å². The van der Waals surface area contributed by atoms with Gasteiger partial charge in [-0.15, -0.1) is 11.3 Å². The molecule has 0 fully saturated rings. The van der Waals surface area contributed by atoms with Gasteiger partial charge in [0, 0.05) is 16.6 Å². The molecule has 0 radical (unpaired) electrons. The van der Waals surface area contributed by atoms with Crippen molar-refractivity contribution in [2.24, 2.45) is 5.73 Å². The zero-order chi connectivity index (χ0) is 10.8. The number of aryl methyl sites for hydroxylation is 1. The first kappa shape index (κ1) is 10.8. The van der Waals surface area contributed by atoms with Crippen molar-refractivity contribution in [3.63, 3.8) is 0 Å². The van der Waals surface area contributed by atoms with Crippen molar-refractivity contribution in [1.29, 1.82) is 0 Å². The van der Waals surface area contributed by atoms with Crippen LogP contribution in [0.2, 0.25) is 0 Å². The molecule has 1 aromatic heterocycles. The van der Waals surface area contributed by atoms with Crippen molar-refractivity contribution in [1.82, 2.24) is 4.98 Å². The van der Waals surface area contributed by atoms with Gasteiger partial charge in [-0.1, -0.05) is 34.1 Å².